The first kappa shape index (κ1) is 29.6. The van der Waals surface area contributed by atoms with Crippen molar-refractivity contribution in [2.75, 3.05) is 0 Å². The Bertz CT molecular complexity index is 879. The van der Waals surface area contributed by atoms with Gasteiger partial charge in [-0.3, -0.25) is 0 Å². The first-order valence-electron chi connectivity index (χ1n) is 15.6. The largest absolute Gasteiger partial charge is 0.508 e. The van der Waals surface area contributed by atoms with E-state index in [0.29, 0.717) is 11.5 Å². The fourth-order valence-electron chi connectivity index (χ4n) is 6.68. The van der Waals surface area contributed by atoms with Crippen molar-refractivity contribution in [2.24, 2.45) is 5.92 Å². The number of benzene rings is 2. The molecule has 0 radical (unpaired) electrons. The number of aryl methyl sites for hydroxylation is 2. The predicted octanol–water partition coefficient (Wildman–Crippen LogP) is 10.7. The molecule has 1 atom stereocenters. The number of rotatable bonds is 16. The van der Waals surface area contributed by atoms with Crippen LogP contribution in [0.3, 0.4) is 0 Å². The van der Waals surface area contributed by atoms with Crippen molar-refractivity contribution in [3.63, 3.8) is 0 Å². The summed E-state index contributed by atoms with van der Waals surface area (Å²) in [5.41, 5.74) is 4.51. The summed E-state index contributed by atoms with van der Waals surface area (Å²) in [4.78, 5) is 0. The van der Waals surface area contributed by atoms with Gasteiger partial charge < -0.3 is 10.2 Å². The summed E-state index contributed by atoms with van der Waals surface area (Å²) < 4.78 is 0. The van der Waals surface area contributed by atoms with Crippen LogP contribution in [0.15, 0.2) is 36.4 Å². The monoisotopic (exact) mass is 506 g/mol. The van der Waals surface area contributed by atoms with E-state index >= 15 is 0 Å². The van der Waals surface area contributed by atoms with Crippen LogP contribution in [0, 0.1) is 19.8 Å². The van der Waals surface area contributed by atoms with Gasteiger partial charge in [-0.25, -0.2) is 0 Å². The summed E-state index contributed by atoms with van der Waals surface area (Å²) >= 11 is 0. The van der Waals surface area contributed by atoms with Crippen molar-refractivity contribution < 1.29 is 10.2 Å². The SMILES string of the molecule is CCCCCCCCCCCCCCCC1CCCC(c2ccc(O)c(C)c2)(c2ccc(O)c(C)c2)C1. The summed E-state index contributed by atoms with van der Waals surface area (Å²) in [6.07, 6.45) is 24.5. The molecule has 1 saturated carbocycles. The van der Waals surface area contributed by atoms with Gasteiger partial charge in [-0.2, -0.15) is 0 Å². The average molecular weight is 507 g/mol. The molecule has 0 heterocycles. The Morgan fingerprint density at radius 3 is 1.59 bits per heavy atom. The maximum atomic E-state index is 10.2. The normalized spacial score (nSPS) is 17.2. The van der Waals surface area contributed by atoms with E-state index < -0.39 is 0 Å². The number of unbranched alkanes of at least 4 members (excludes halogenated alkanes) is 12. The van der Waals surface area contributed by atoms with E-state index in [0.717, 1.165) is 23.5 Å². The van der Waals surface area contributed by atoms with E-state index in [2.05, 4.69) is 31.2 Å². The summed E-state index contributed by atoms with van der Waals surface area (Å²) in [7, 11) is 0. The van der Waals surface area contributed by atoms with Gasteiger partial charge in [0.1, 0.15) is 11.5 Å². The van der Waals surface area contributed by atoms with Crippen LogP contribution in [0.5, 0.6) is 11.5 Å². The summed E-state index contributed by atoms with van der Waals surface area (Å²) in [5.74, 6) is 1.49. The molecule has 1 aliphatic carbocycles. The van der Waals surface area contributed by atoms with Crippen LogP contribution in [-0.4, -0.2) is 10.2 Å². The Kier molecular flexibility index (Phi) is 12.4. The standard InChI is InChI=1S/C35H54O2/c1-4-5-6-7-8-9-10-11-12-13-14-15-16-18-30-19-17-24-35(27-30,31-20-22-33(36)28(2)25-31)32-21-23-34(37)29(3)26-32/h20-23,25-26,30,36-37H,4-19,24,27H2,1-3H3. The molecular weight excluding hydrogens is 452 g/mol. The van der Waals surface area contributed by atoms with Gasteiger partial charge in [0.15, 0.2) is 0 Å². The van der Waals surface area contributed by atoms with Crippen molar-refractivity contribution in [2.45, 2.75) is 142 Å². The summed E-state index contributed by atoms with van der Waals surface area (Å²) in [6, 6.07) is 12.4. The zero-order valence-electron chi connectivity index (χ0n) is 24.2. The molecule has 2 nitrogen and oxygen atoms in total. The van der Waals surface area contributed by atoms with Crippen molar-refractivity contribution >= 4 is 0 Å². The Hall–Kier alpha value is -1.96. The lowest BCUT2D eigenvalue weighted by molar-refractivity contribution is 0.240. The van der Waals surface area contributed by atoms with E-state index in [1.165, 1.54) is 120 Å². The molecule has 2 N–H and O–H groups in total. The second-order valence-corrected chi connectivity index (χ2v) is 12.1. The van der Waals surface area contributed by atoms with Gasteiger partial charge in [-0.05, 0) is 67.0 Å². The van der Waals surface area contributed by atoms with E-state index in [1.807, 2.05) is 26.0 Å². The smallest absolute Gasteiger partial charge is 0.118 e. The molecule has 1 fully saturated rings. The molecule has 2 heteroatoms. The Balaban J connectivity index is 1.48. The van der Waals surface area contributed by atoms with Crippen LogP contribution in [0.1, 0.15) is 145 Å². The third kappa shape index (κ3) is 8.79. The second kappa shape index (κ2) is 15.5. The summed E-state index contributed by atoms with van der Waals surface area (Å²) in [6.45, 7) is 6.30. The van der Waals surface area contributed by atoms with Gasteiger partial charge in [-0.1, -0.05) is 134 Å². The van der Waals surface area contributed by atoms with Crippen LogP contribution in [0.2, 0.25) is 0 Å². The molecule has 2 aromatic carbocycles. The predicted molar refractivity (Wildman–Crippen MR) is 159 cm³/mol. The minimum absolute atomic E-state index is 0.0314. The minimum Gasteiger partial charge on any atom is -0.508 e. The molecule has 0 amide bonds. The van der Waals surface area contributed by atoms with Crippen molar-refractivity contribution in [1.29, 1.82) is 0 Å². The van der Waals surface area contributed by atoms with E-state index in [9.17, 15) is 10.2 Å². The molecule has 0 bridgehead atoms. The van der Waals surface area contributed by atoms with Crippen molar-refractivity contribution in [1.82, 2.24) is 0 Å². The van der Waals surface area contributed by atoms with Crippen LogP contribution < -0.4 is 0 Å². The number of phenols is 2. The van der Waals surface area contributed by atoms with E-state index in [1.54, 1.807) is 0 Å². The van der Waals surface area contributed by atoms with Crippen LogP contribution in [0.25, 0.3) is 0 Å². The van der Waals surface area contributed by atoms with E-state index in [4.69, 9.17) is 0 Å². The second-order valence-electron chi connectivity index (χ2n) is 12.1. The Morgan fingerprint density at radius 2 is 1.14 bits per heavy atom. The van der Waals surface area contributed by atoms with Gasteiger partial charge >= 0.3 is 0 Å². The Morgan fingerprint density at radius 1 is 0.676 bits per heavy atom. The van der Waals surface area contributed by atoms with Crippen molar-refractivity contribution in [3.8, 4) is 11.5 Å². The molecule has 37 heavy (non-hydrogen) atoms. The van der Waals surface area contributed by atoms with Gasteiger partial charge in [0, 0.05) is 5.41 Å². The molecule has 1 unspecified atom stereocenters. The lowest BCUT2D eigenvalue weighted by Crippen LogP contribution is -2.34. The fourth-order valence-corrected chi connectivity index (χ4v) is 6.68. The highest BCUT2D eigenvalue weighted by atomic mass is 16.3. The lowest BCUT2D eigenvalue weighted by Gasteiger charge is -2.43. The molecule has 3 rings (SSSR count). The van der Waals surface area contributed by atoms with Gasteiger partial charge in [0.2, 0.25) is 0 Å². The molecule has 206 valence electrons. The molecule has 2 aromatic rings. The third-order valence-electron chi connectivity index (χ3n) is 9.07. The molecule has 1 aliphatic rings. The highest BCUT2D eigenvalue weighted by molar-refractivity contribution is 5.48. The third-order valence-corrected chi connectivity index (χ3v) is 9.07. The molecular formula is C35H54O2. The lowest BCUT2D eigenvalue weighted by atomic mass is 9.61. The minimum atomic E-state index is -0.0314. The van der Waals surface area contributed by atoms with Gasteiger partial charge in [0.25, 0.3) is 0 Å². The number of hydrogen-bond donors (Lipinski definition) is 2. The molecule has 0 saturated heterocycles. The maximum Gasteiger partial charge on any atom is 0.118 e. The Labute approximate surface area is 227 Å². The molecule has 0 spiro atoms. The van der Waals surface area contributed by atoms with Gasteiger partial charge in [-0.15, -0.1) is 0 Å². The first-order chi connectivity index (χ1) is 18.0. The number of aromatic hydroxyl groups is 2. The zero-order chi connectivity index (χ0) is 26.5. The van der Waals surface area contributed by atoms with Crippen LogP contribution in [0.4, 0.5) is 0 Å². The average Bonchev–Trinajstić information content (AvgIpc) is 2.90. The van der Waals surface area contributed by atoms with Crippen LogP contribution in [-0.2, 0) is 5.41 Å². The first-order valence-corrected chi connectivity index (χ1v) is 15.6. The maximum absolute atomic E-state index is 10.2. The van der Waals surface area contributed by atoms with Crippen LogP contribution >= 0.6 is 0 Å². The number of hydrogen-bond acceptors (Lipinski definition) is 2. The van der Waals surface area contributed by atoms with Gasteiger partial charge in [0.05, 0.1) is 0 Å². The molecule has 0 aliphatic heterocycles. The zero-order valence-corrected chi connectivity index (χ0v) is 24.2. The quantitative estimate of drug-likeness (QED) is 0.222. The van der Waals surface area contributed by atoms with E-state index in [-0.39, 0.29) is 5.41 Å². The summed E-state index contributed by atoms with van der Waals surface area (Å²) in [5, 5.41) is 20.4. The topological polar surface area (TPSA) is 40.5 Å². The highest BCUT2D eigenvalue weighted by Crippen LogP contribution is 2.49. The fraction of sp³-hybridized carbons (Fsp3) is 0.657. The van der Waals surface area contributed by atoms with Crippen molar-refractivity contribution in [3.05, 3.63) is 58.7 Å². The molecule has 0 aromatic heterocycles. The highest BCUT2D eigenvalue weighted by Gasteiger charge is 2.39. The number of phenolic OH excluding ortho intramolecular Hbond substituents is 2.